The molecule has 0 aromatic heterocycles. The minimum absolute atomic E-state index is 0. The highest BCUT2D eigenvalue weighted by atomic mass is 35.5. The number of halogens is 2. The fourth-order valence-electron chi connectivity index (χ4n) is 1.84. The minimum atomic E-state index is -0.115. The van der Waals surface area contributed by atoms with Crippen LogP contribution in [0.5, 0.6) is 5.75 Å². The highest BCUT2D eigenvalue weighted by molar-refractivity contribution is 6.31. The number of carbonyl (C=O) groups excluding carboxylic acids is 1. The molecule has 1 saturated heterocycles. The summed E-state index contributed by atoms with van der Waals surface area (Å²) in [5.74, 6) is 0.639. The van der Waals surface area contributed by atoms with Gasteiger partial charge in [-0.1, -0.05) is 11.6 Å². The van der Waals surface area contributed by atoms with Crippen molar-refractivity contribution >= 4 is 35.6 Å². The quantitative estimate of drug-likeness (QED) is 0.897. The van der Waals surface area contributed by atoms with Crippen LogP contribution in [0.2, 0.25) is 5.02 Å². The van der Waals surface area contributed by atoms with Crippen molar-refractivity contribution in [1.82, 2.24) is 0 Å². The molecule has 1 aliphatic heterocycles. The van der Waals surface area contributed by atoms with Gasteiger partial charge in [-0.05, 0) is 18.2 Å². The van der Waals surface area contributed by atoms with Crippen LogP contribution in [-0.4, -0.2) is 25.6 Å². The van der Waals surface area contributed by atoms with Crippen molar-refractivity contribution in [2.45, 2.75) is 12.5 Å². The van der Waals surface area contributed by atoms with E-state index in [0.29, 0.717) is 29.4 Å². The first-order chi connectivity index (χ1) is 7.61. The highest BCUT2D eigenvalue weighted by Crippen LogP contribution is 2.33. The van der Waals surface area contributed by atoms with Gasteiger partial charge in [0, 0.05) is 24.0 Å². The number of rotatable bonds is 2. The summed E-state index contributed by atoms with van der Waals surface area (Å²) >= 11 is 5.91. The maximum absolute atomic E-state index is 11.7. The standard InChI is InChI=1S/C11H13ClN2O2.ClH/c1-16-10-3-2-7(12)4-9(10)14-6-8(13)5-11(14)15;/h2-4,8H,5-6,13H2,1H3;1H. The third-order valence-corrected chi connectivity index (χ3v) is 2.82. The second-order valence-electron chi connectivity index (χ2n) is 3.78. The maximum atomic E-state index is 11.7. The van der Waals surface area contributed by atoms with E-state index in [9.17, 15) is 4.79 Å². The molecular formula is C11H14Cl2N2O2. The van der Waals surface area contributed by atoms with Gasteiger partial charge in [0.1, 0.15) is 5.75 Å². The van der Waals surface area contributed by atoms with Gasteiger partial charge in [0.25, 0.3) is 0 Å². The van der Waals surface area contributed by atoms with Crippen molar-refractivity contribution in [3.05, 3.63) is 23.2 Å². The first-order valence-corrected chi connectivity index (χ1v) is 5.39. The number of nitrogens with two attached hydrogens (primary N) is 1. The number of ether oxygens (including phenoxy) is 1. The molecule has 0 spiro atoms. The van der Waals surface area contributed by atoms with E-state index in [4.69, 9.17) is 22.1 Å². The van der Waals surface area contributed by atoms with E-state index in [1.807, 2.05) is 0 Å². The number of benzene rings is 1. The average Bonchev–Trinajstić information content (AvgIpc) is 2.57. The van der Waals surface area contributed by atoms with E-state index in [2.05, 4.69) is 0 Å². The third kappa shape index (κ3) is 2.83. The van der Waals surface area contributed by atoms with Gasteiger partial charge in [0.05, 0.1) is 12.8 Å². The Morgan fingerprint density at radius 3 is 2.76 bits per heavy atom. The van der Waals surface area contributed by atoms with Crippen molar-refractivity contribution in [1.29, 1.82) is 0 Å². The Hall–Kier alpha value is -0.970. The summed E-state index contributed by atoms with van der Waals surface area (Å²) in [7, 11) is 1.56. The number of amides is 1. The molecule has 0 saturated carbocycles. The number of hydrogen-bond donors (Lipinski definition) is 1. The lowest BCUT2D eigenvalue weighted by Gasteiger charge is -2.19. The van der Waals surface area contributed by atoms with Crippen molar-refractivity contribution in [2.75, 3.05) is 18.6 Å². The Labute approximate surface area is 111 Å². The molecule has 4 nitrogen and oxygen atoms in total. The fourth-order valence-corrected chi connectivity index (χ4v) is 2.01. The summed E-state index contributed by atoms with van der Waals surface area (Å²) in [6.07, 6.45) is 0.371. The molecule has 94 valence electrons. The summed E-state index contributed by atoms with van der Waals surface area (Å²) in [5, 5.41) is 0.573. The van der Waals surface area contributed by atoms with Crippen LogP contribution in [0.25, 0.3) is 0 Å². The topological polar surface area (TPSA) is 55.6 Å². The fraction of sp³-hybridized carbons (Fsp3) is 0.364. The van der Waals surface area contributed by atoms with E-state index >= 15 is 0 Å². The molecule has 1 unspecified atom stereocenters. The lowest BCUT2D eigenvalue weighted by molar-refractivity contribution is -0.117. The van der Waals surface area contributed by atoms with Gasteiger partial charge in [-0.2, -0.15) is 0 Å². The molecule has 17 heavy (non-hydrogen) atoms. The molecule has 1 amide bonds. The summed E-state index contributed by atoms with van der Waals surface area (Å²) < 4.78 is 5.20. The van der Waals surface area contributed by atoms with Gasteiger partial charge < -0.3 is 15.4 Å². The summed E-state index contributed by atoms with van der Waals surface area (Å²) in [5.41, 5.74) is 6.43. The van der Waals surface area contributed by atoms with Crippen LogP contribution in [-0.2, 0) is 4.79 Å². The minimum Gasteiger partial charge on any atom is -0.495 e. The van der Waals surface area contributed by atoms with Gasteiger partial charge in [0.15, 0.2) is 0 Å². The Morgan fingerprint density at radius 1 is 1.53 bits per heavy atom. The molecule has 0 aliphatic carbocycles. The second kappa shape index (κ2) is 5.58. The van der Waals surface area contributed by atoms with E-state index in [-0.39, 0.29) is 24.4 Å². The normalized spacial score (nSPS) is 19.1. The molecule has 1 atom stereocenters. The van der Waals surface area contributed by atoms with Gasteiger partial charge in [-0.3, -0.25) is 4.79 Å². The number of methoxy groups -OCH3 is 1. The number of anilines is 1. The smallest absolute Gasteiger partial charge is 0.228 e. The summed E-state index contributed by atoms with van der Waals surface area (Å²) in [6, 6.07) is 5.08. The third-order valence-electron chi connectivity index (χ3n) is 2.59. The molecule has 2 rings (SSSR count). The number of nitrogens with zero attached hydrogens (tertiary/aromatic N) is 1. The van der Waals surface area contributed by atoms with Crippen LogP contribution >= 0.6 is 24.0 Å². The highest BCUT2D eigenvalue weighted by Gasteiger charge is 2.29. The Kier molecular flexibility index (Phi) is 4.62. The summed E-state index contributed by atoms with van der Waals surface area (Å²) in [6.45, 7) is 0.509. The van der Waals surface area contributed by atoms with E-state index in [0.717, 1.165) is 0 Å². The van der Waals surface area contributed by atoms with Gasteiger partial charge in [-0.15, -0.1) is 12.4 Å². The van der Waals surface area contributed by atoms with Crippen molar-refractivity contribution in [3.8, 4) is 5.75 Å². The van der Waals surface area contributed by atoms with Crippen LogP contribution in [0.3, 0.4) is 0 Å². The summed E-state index contributed by atoms with van der Waals surface area (Å²) in [4.78, 5) is 13.3. The molecule has 1 aliphatic rings. The second-order valence-corrected chi connectivity index (χ2v) is 4.22. The zero-order valence-electron chi connectivity index (χ0n) is 9.35. The monoisotopic (exact) mass is 276 g/mol. The number of carbonyl (C=O) groups is 1. The van der Waals surface area contributed by atoms with Crippen LogP contribution in [0.1, 0.15) is 6.42 Å². The lowest BCUT2D eigenvalue weighted by Crippen LogP contribution is -2.28. The van der Waals surface area contributed by atoms with Crippen molar-refractivity contribution in [3.63, 3.8) is 0 Å². The Balaban J connectivity index is 0.00000144. The first-order valence-electron chi connectivity index (χ1n) is 5.01. The molecule has 1 fully saturated rings. The van der Waals surface area contributed by atoms with Crippen LogP contribution in [0.15, 0.2) is 18.2 Å². The molecular weight excluding hydrogens is 263 g/mol. The Bertz CT molecular complexity index is 426. The van der Waals surface area contributed by atoms with Crippen LogP contribution < -0.4 is 15.4 Å². The Morgan fingerprint density at radius 2 is 2.24 bits per heavy atom. The molecule has 6 heteroatoms. The molecule has 2 N–H and O–H groups in total. The van der Waals surface area contributed by atoms with Crippen molar-refractivity contribution in [2.24, 2.45) is 5.73 Å². The van der Waals surface area contributed by atoms with Crippen LogP contribution in [0.4, 0.5) is 5.69 Å². The SMILES string of the molecule is COc1ccc(Cl)cc1N1CC(N)CC1=O.Cl. The predicted molar refractivity (Wildman–Crippen MR) is 70.2 cm³/mol. The van der Waals surface area contributed by atoms with Gasteiger partial charge in [-0.25, -0.2) is 0 Å². The van der Waals surface area contributed by atoms with Crippen molar-refractivity contribution < 1.29 is 9.53 Å². The zero-order chi connectivity index (χ0) is 11.7. The van der Waals surface area contributed by atoms with E-state index < -0.39 is 0 Å². The van der Waals surface area contributed by atoms with Gasteiger partial charge >= 0.3 is 0 Å². The number of hydrogen-bond acceptors (Lipinski definition) is 3. The first kappa shape index (κ1) is 14.1. The zero-order valence-corrected chi connectivity index (χ0v) is 10.9. The average molecular weight is 277 g/mol. The van der Waals surface area contributed by atoms with E-state index in [1.54, 1.807) is 30.2 Å². The lowest BCUT2D eigenvalue weighted by atomic mass is 10.2. The molecule has 1 aromatic carbocycles. The van der Waals surface area contributed by atoms with E-state index in [1.165, 1.54) is 0 Å². The maximum Gasteiger partial charge on any atom is 0.228 e. The molecule has 0 bridgehead atoms. The molecule has 1 aromatic rings. The predicted octanol–water partition coefficient (Wildman–Crippen LogP) is 1.83. The molecule has 1 heterocycles. The molecule has 0 radical (unpaired) electrons. The largest absolute Gasteiger partial charge is 0.495 e. The van der Waals surface area contributed by atoms with Crippen LogP contribution in [0, 0.1) is 0 Å². The van der Waals surface area contributed by atoms with Gasteiger partial charge in [0.2, 0.25) is 5.91 Å².